The van der Waals surface area contributed by atoms with Crippen molar-refractivity contribution >= 4 is 11.8 Å². The fourth-order valence-electron chi connectivity index (χ4n) is 2.05. The Morgan fingerprint density at radius 3 is 2.45 bits per heavy atom. The first-order chi connectivity index (χ1) is 10.6. The summed E-state index contributed by atoms with van der Waals surface area (Å²) in [5.41, 5.74) is 2.20. The number of nitrogens with one attached hydrogen (secondary N) is 2. The zero-order chi connectivity index (χ0) is 15.9. The number of furan rings is 1. The van der Waals surface area contributed by atoms with E-state index in [0.717, 1.165) is 12.0 Å². The lowest BCUT2D eigenvalue weighted by Gasteiger charge is -2.14. The van der Waals surface area contributed by atoms with E-state index in [1.54, 1.807) is 12.1 Å². The van der Waals surface area contributed by atoms with Gasteiger partial charge in [-0.2, -0.15) is 0 Å². The predicted molar refractivity (Wildman–Crippen MR) is 82.9 cm³/mol. The summed E-state index contributed by atoms with van der Waals surface area (Å²) in [6, 6.07) is 11.2. The number of carbonyl (C=O) groups is 2. The minimum Gasteiger partial charge on any atom is -0.467 e. The van der Waals surface area contributed by atoms with Gasteiger partial charge in [-0.1, -0.05) is 31.2 Å². The molecule has 0 saturated heterocycles. The molecule has 22 heavy (non-hydrogen) atoms. The van der Waals surface area contributed by atoms with Gasteiger partial charge in [0.15, 0.2) is 0 Å². The molecule has 0 spiro atoms. The molecule has 0 aliphatic carbocycles. The molecular weight excluding hydrogens is 280 g/mol. The highest BCUT2D eigenvalue weighted by molar-refractivity contribution is 6.35. The zero-order valence-corrected chi connectivity index (χ0v) is 12.8. The van der Waals surface area contributed by atoms with Gasteiger partial charge in [0.1, 0.15) is 5.76 Å². The lowest BCUT2D eigenvalue weighted by molar-refractivity contribution is -0.139. The summed E-state index contributed by atoms with van der Waals surface area (Å²) in [5.74, 6) is -0.726. The van der Waals surface area contributed by atoms with Crippen molar-refractivity contribution in [3.8, 4) is 0 Å². The smallest absolute Gasteiger partial charge is 0.309 e. The maximum absolute atomic E-state index is 11.9. The number of carbonyl (C=O) groups excluding carboxylic acids is 2. The summed E-state index contributed by atoms with van der Waals surface area (Å²) in [4.78, 5) is 23.6. The van der Waals surface area contributed by atoms with Crippen LogP contribution in [0.2, 0.25) is 0 Å². The van der Waals surface area contributed by atoms with Crippen LogP contribution >= 0.6 is 0 Å². The van der Waals surface area contributed by atoms with E-state index in [2.05, 4.69) is 17.6 Å². The van der Waals surface area contributed by atoms with Gasteiger partial charge in [-0.15, -0.1) is 0 Å². The SMILES string of the molecule is CCc1ccc(C(C)NC(=O)C(=O)NCc2ccco2)cc1. The fourth-order valence-corrected chi connectivity index (χ4v) is 2.05. The molecule has 2 rings (SSSR count). The van der Waals surface area contributed by atoms with Crippen LogP contribution in [0.4, 0.5) is 0 Å². The van der Waals surface area contributed by atoms with Gasteiger partial charge in [0, 0.05) is 0 Å². The molecule has 1 unspecified atom stereocenters. The van der Waals surface area contributed by atoms with Crippen LogP contribution in [0.1, 0.15) is 36.8 Å². The first-order valence-corrected chi connectivity index (χ1v) is 7.30. The van der Waals surface area contributed by atoms with E-state index >= 15 is 0 Å². The van der Waals surface area contributed by atoms with Gasteiger partial charge >= 0.3 is 11.8 Å². The molecule has 1 atom stereocenters. The summed E-state index contributed by atoms with van der Waals surface area (Å²) < 4.78 is 5.09. The molecule has 1 aromatic heterocycles. The largest absolute Gasteiger partial charge is 0.467 e. The Balaban J connectivity index is 1.85. The highest BCUT2D eigenvalue weighted by atomic mass is 16.3. The third-order valence-electron chi connectivity index (χ3n) is 3.45. The maximum Gasteiger partial charge on any atom is 0.309 e. The molecule has 0 fully saturated rings. The first kappa shape index (κ1) is 15.8. The summed E-state index contributed by atoms with van der Waals surface area (Å²) in [7, 11) is 0. The second-order valence-electron chi connectivity index (χ2n) is 5.05. The van der Waals surface area contributed by atoms with Gasteiger partial charge < -0.3 is 15.1 Å². The fraction of sp³-hybridized carbons (Fsp3) is 0.294. The van der Waals surface area contributed by atoms with E-state index in [0.29, 0.717) is 5.76 Å². The van der Waals surface area contributed by atoms with Crippen LogP contribution in [0.3, 0.4) is 0 Å². The molecule has 0 aliphatic rings. The molecule has 1 aromatic carbocycles. The van der Waals surface area contributed by atoms with Crippen LogP contribution < -0.4 is 10.6 Å². The number of amides is 2. The Morgan fingerprint density at radius 2 is 1.86 bits per heavy atom. The Bertz CT molecular complexity index is 618. The monoisotopic (exact) mass is 300 g/mol. The van der Waals surface area contributed by atoms with Crippen LogP contribution in [0.5, 0.6) is 0 Å². The molecule has 2 aromatic rings. The zero-order valence-electron chi connectivity index (χ0n) is 12.8. The Morgan fingerprint density at radius 1 is 1.14 bits per heavy atom. The van der Waals surface area contributed by atoms with Gasteiger partial charge in [0.05, 0.1) is 18.8 Å². The molecule has 5 heteroatoms. The van der Waals surface area contributed by atoms with E-state index in [4.69, 9.17) is 4.42 Å². The maximum atomic E-state index is 11.9. The van der Waals surface area contributed by atoms with Gasteiger partial charge in [0.2, 0.25) is 0 Å². The molecular formula is C17H20N2O3. The highest BCUT2D eigenvalue weighted by Gasteiger charge is 2.17. The Kier molecular flexibility index (Phi) is 5.36. The number of aryl methyl sites for hydroxylation is 1. The first-order valence-electron chi connectivity index (χ1n) is 7.30. The van der Waals surface area contributed by atoms with Crippen LogP contribution in [0, 0.1) is 0 Å². The second-order valence-corrected chi connectivity index (χ2v) is 5.05. The molecule has 5 nitrogen and oxygen atoms in total. The van der Waals surface area contributed by atoms with Crippen molar-refractivity contribution in [2.75, 3.05) is 0 Å². The molecule has 1 heterocycles. The summed E-state index contributed by atoms with van der Waals surface area (Å²) in [6.45, 7) is 4.13. The average molecular weight is 300 g/mol. The van der Waals surface area contributed by atoms with Crippen molar-refractivity contribution in [1.29, 1.82) is 0 Å². The quantitative estimate of drug-likeness (QED) is 0.833. The van der Waals surface area contributed by atoms with Gasteiger partial charge in [-0.3, -0.25) is 9.59 Å². The van der Waals surface area contributed by atoms with E-state index in [1.807, 2.05) is 31.2 Å². The second kappa shape index (κ2) is 7.45. The molecule has 2 N–H and O–H groups in total. The number of hydrogen-bond donors (Lipinski definition) is 2. The van der Waals surface area contributed by atoms with Crippen molar-refractivity contribution in [3.05, 3.63) is 59.5 Å². The van der Waals surface area contributed by atoms with Crippen LogP contribution in [-0.4, -0.2) is 11.8 Å². The third-order valence-corrected chi connectivity index (χ3v) is 3.45. The van der Waals surface area contributed by atoms with Crippen LogP contribution in [0.25, 0.3) is 0 Å². The topological polar surface area (TPSA) is 71.3 Å². The van der Waals surface area contributed by atoms with Gasteiger partial charge in [-0.25, -0.2) is 0 Å². The minimum absolute atomic E-state index is 0.193. The minimum atomic E-state index is -0.673. The summed E-state index contributed by atoms with van der Waals surface area (Å²) in [6.07, 6.45) is 2.49. The number of rotatable bonds is 5. The Labute approximate surface area is 129 Å². The third kappa shape index (κ3) is 4.22. The summed E-state index contributed by atoms with van der Waals surface area (Å²) in [5, 5.41) is 5.20. The molecule has 2 amide bonds. The van der Waals surface area contributed by atoms with Crippen molar-refractivity contribution in [3.63, 3.8) is 0 Å². The number of benzene rings is 1. The van der Waals surface area contributed by atoms with Gasteiger partial charge in [-0.05, 0) is 36.6 Å². The summed E-state index contributed by atoms with van der Waals surface area (Å²) >= 11 is 0. The molecule has 0 saturated carbocycles. The lowest BCUT2D eigenvalue weighted by Crippen LogP contribution is -2.40. The molecule has 116 valence electrons. The van der Waals surface area contributed by atoms with E-state index in [9.17, 15) is 9.59 Å². The van der Waals surface area contributed by atoms with Crippen molar-refractivity contribution < 1.29 is 14.0 Å². The molecule has 0 bridgehead atoms. The van der Waals surface area contributed by atoms with Crippen molar-refractivity contribution in [2.24, 2.45) is 0 Å². The number of hydrogen-bond acceptors (Lipinski definition) is 3. The standard InChI is InChI=1S/C17H20N2O3/c1-3-13-6-8-14(9-7-13)12(2)19-17(21)16(20)18-11-15-5-4-10-22-15/h4-10,12H,3,11H2,1-2H3,(H,18,20)(H,19,21). The molecule has 0 radical (unpaired) electrons. The predicted octanol–water partition coefficient (Wildman–Crippen LogP) is 2.34. The average Bonchev–Trinajstić information content (AvgIpc) is 3.06. The van der Waals surface area contributed by atoms with E-state index < -0.39 is 11.8 Å². The van der Waals surface area contributed by atoms with E-state index in [-0.39, 0.29) is 12.6 Å². The van der Waals surface area contributed by atoms with Crippen LogP contribution in [-0.2, 0) is 22.6 Å². The van der Waals surface area contributed by atoms with Gasteiger partial charge in [0.25, 0.3) is 0 Å². The van der Waals surface area contributed by atoms with Crippen LogP contribution in [0.15, 0.2) is 47.1 Å². The van der Waals surface area contributed by atoms with E-state index in [1.165, 1.54) is 11.8 Å². The van der Waals surface area contributed by atoms with Crippen molar-refractivity contribution in [1.82, 2.24) is 10.6 Å². The van der Waals surface area contributed by atoms with Crippen molar-refractivity contribution in [2.45, 2.75) is 32.9 Å². The Hall–Kier alpha value is -2.56. The lowest BCUT2D eigenvalue weighted by atomic mass is 10.1. The highest BCUT2D eigenvalue weighted by Crippen LogP contribution is 2.13. The normalized spacial score (nSPS) is 11.7. The molecule has 0 aliphatic heterocycles.